The van der Waals surface area contributed by atoms with Crippen molar-refractivity contribution >= 4 is 40.2 Å². The predicted octanol–water partition coefficient (Wildman–Crippen LogP) is 2.81. The van der Waals surface area contributed by atoms with E-state index < -0.39 is 5.97 Å². The van der Waals surface area contributed by atoms with Gasteiger partial charge in [0.2, 0.25) is 5.95 Å². The quantitative estimate of drug-likeness (QED) is 0.700. The van der Waals surface area contributed by atoms with Crippen LogP contribution in [0.3, 0.4) is 0 Å². The smallest absolute Gasteiger partial charge is 0.323 e. The summed E-state index contributed by atoms with van der Waals surface area (Å²) in [7, 11) is 1.64. The molecule has 0 saturated carbocycles. The summed E-state index contributed by atoms with van der Waals surface area (Å²) in [4.78, 5) is 25.4. The van der Waals surface area contributed by atoms with Gasteiger partial charge in [0.25, 0.3) is 0 Å². The first-order chi connectivity index (χ1) is 12.0. The van der Waals surface area contributed by atoms with E-state index in [1.165, 1.54) is 4.90 Å². The van der Waals surface area contributed by atoms with E-state index in [0.29, 0.717) is 28.9 Å². The average Bonchev–Trinajstić information content (AvgIpc) is 2.60. The van der Waals surface area contributed by atoms with Crippen molar-refractivity contribution in [2.75, 3.05) is 23.8 Å². The van der Waals surface area contributed by atoms with Gasteiger partial charge in [-0.05, 0) is 29.8 Å². The van der Waals surface area contributed by atoms with E-state index in [1.54, 1.807) is 37.6 Å². The van der Waals surface area contributed by atoms with Crippen molar-refractivity contribution in [3.8, 4) is 0 Å². The molecule has 0 aliphatic carbocycles. The number of aliphatic carboxylic acids is 1. The van der Waals surface area contributed by atoms with Gasteiger partial charge in [0.15, 0.2) is 0 Å². The number of fused-ring (bicyclic) bond motifs is 1. The highest BCUT2D eigenvalue weighted by Gasteiger charge is 2.13. The maximum atomic E-state index is 10.9. The van der Waals surface area contributed by atoms with Crippen molar-refractivity contribution < 1.29 is 9.90 Å². The van der Waals surface area contributed by atoms with Gasteiger partial charge < -0.3 is 15.3 Å². The first kappa shape index (κ1) is 16.9. The van der Waals surface area contributed by atoms with E-state index in [9.17, 15) is 4.79 Å². The highest BCUT2D eigenvalue weighted by atomic mass is 35.5. The fraction of sp³-hybridized carbons (Fsp3) is 0.176. The minimum atomic E-state index is -0.952. The number of pyridine rings is 1. The Kier molecular flexibility index (Phi) is 4.95. The summed E-state index contributed by atoms with van der Waals surface area (Å²) in [5.74, 6) is -0.0401. The number of hydrogen-bond acceptors (Lipinski definition) is 6. The van der Waals surface area contributed by atoms with Crippen molar-refractivity contribution in [1.29, 1.82) is 0 Å². The lowest BCUT2D eigenvalue weighted by molar-refractivity contribution is -0.135. The maximum absolute atomic E-state index is 10.9. The number of benzene rings is 1. The molecule has 0 fully saturated rings. The van der Waals surface area contributed by atoms with Gasteiger partial charge in [0.05, 0.1) is 5.52 Å². The molecule has 0 spiro atoms. The molecule has 1 aromatic carbocycles. The van der Waals surface area contributed by atoms with Gasteiger partial charge in [-0.1, -0.05) is 17.7 Å². The average molecular weight is 358 g/mol. The number of carboxylic acid groups (broad SMARTS) is 1. The van der Waals surface area contributed by atoms with Crippen LogP contribution in [0.1, 0.15) is 5.56 Å². The normalized spacial score (nSPS) is 10.6. The Labute approximate surface area is 149 Å². The molecule has 0 saturated heterocycles. The topological polar surface area (TPSA) is 91.2 Å². The molecular formula is C17H16ClN5O2. The number of nitrogens with one attached hydrogen (secondary N) is 1. The fourth-order valence-corrected chi connectivity index (χ4v) is 2.53. The van der Waals surface area contributed by atoms with Crippen LogP contribution in [0.5, 0.6) is 0 Å². The van der Waals surface area contributed by atoms with Gasteiger partial charge >= 0.3 is 5.97 Å². The molecular weight excluding hydrogens is 342 g/mol. The molecule has 2 aromatic heterocycles. The first-order valence-electron chi connectivity index (χ1n) is 7.56. The molecule has 25 heavy (non-hydrogen) atoms. The van der Waals surface area contributed by atoms with Crippen LogP contribution >= 0.6 is 11.6 Å². The molecule has 128 valence electrons. The van der Waals surface area contributed by atoms with E-state index in [1.807, 2.05) is 12.1 Å². The van der Waals surface area contributed by atoms with Crippen LogP contribution in [0.25, 0.3) is 10.9 Å². The molecule has 0 aliphatic rings. The van der Waals surface area contributed by atoms with Gasteiger partial charge in [-0.25, -0.2) is 4.98 Å². The lowest BCUT2D eigenvalue weighted by atomic mass is 10.2. The molecule has 0 amide bonds. The van der Waals surface area contributed by atoms with Crippen LogP contribution < -0.4 is 10.2 Å². The molecule has 3 aromatic rings. The summed E-state index contributed by atoms with van der Waals surface area (Å²) in [6.07, 6.45) is 3.48. The second-order valence-electron chi connectivity index (χ2n) is 5.50. The number of nitrogens with zero attached hydrogens (tertiary/aromatic N) is 4. The monoisotopic (exact) mass is 357 g/mol. The number of carbonyl (C=O) groups is 1. The lowest BCUT2D eigenvalue weighted by Gasteiger charge is -2.17. The van der Waals surface area contributed by atoms with E-state index >= 15 is 0 Å². The molecule has 7 nitrogen and oxygen atoms in total. The Morgan fingerprint density at radius 1 is 1.32 bits per heavy atom. The van der Waals surface area contributed by atoms with Crippen molar-refractivity contribution in [2.24, 2.45) is 0 Å². The van der Waals surface area contributed by atoms with Crippen LogP contribution in [0.2, 0.25) is 5.02 Å². The summed E-state index contributed by atoms with van der Waals surface area (Å²) in [6.45, 7) is 0.329. The Morgan fingerprint density at radius 3 is 2.88 bits per heavy atom. The molecule has 2 N–H and O–H groups in total. The third-order valence-electron chi connectivity index (χ3n) is 3.54. The summed E-state index contributed by atoms with van der Waals surface area (Å²) in [6, 6.07) is 9.12. The fourth-order valence-electron chi connectivity index (χ4n) is 2.36. The summed E-state index contributed by atoms with van der Waals surface area (Å²) < 4.78 is 0. The Bertz CT molecular complexity index is 904. The third-order valence-corrected chi connectivity index (χ3v) is 3.78. The largest absolute Gasteiger partial charge is 0.480 e. The van der Waals surface area contributed by atoms with Gasteiger partial charge in [-0.15, -0.1) is 0 Å². The third kappa shape index (κ3) is 4.13. The van der Waals surface area contributed by atoms with Gasteiger partial charge in [0, 0.05) is 36.4 Å². The van der Waals surface area contributed by atoms with Gasteiger partial charge in [-0.3, -0.25) is 9.78 Å². The van der Waals surface area contributed by atoms with E-state index in [4.69, 9.17) is 16.7 Å². The lowest BCUT2D eigenvalue weighted by Crippen LogP contribution is -2.27. The molecule has 0 atom stereocenters. The minimum absolute atomic E-state index is 0.193. The van der Waals surface area contributed by atoms with E-state index in [2.05, 4.69) is 20.3 Å². The minimum Gasteiger partial charge on any atom is -0.480 e. The number of likely N-dealkylation sites (N-methyl/N-ethyl adjacent to an activating group) is 1. The number of aromatic nitrogens is 3. The van der Waals surface area contributed by atoms with E-state index in [-0.39, 0.29) is 6.54 Å². The zero-order valence-corrected chi connectivity index (χ0v) is 14.2. The summed E-state index contributed by atoms with van der Waals surface area (Å²) in [5, 5.41) is 13.6. The van der Waals surface area contributed by atoms with Crippen LogP contribution in [0.15, 0.2) is 42.7 Å². The zero-order valence-electron chi connectivity index (χ0n) is 13.5. The standard InChI is InChI=1S/C17H16ClN5O2/c1-23(10-15(24)25)17-21-14-5-4-12(18)7-13(14)16(22-17)20-9-11-3-2-6-19-8-11/h2-8H,9-10H2,1H3,(H,24,25)(H,20,21,22). The number of hydrogen-bond donors (Lipinski definition) is 2. The van der Waals surface area contributed by atoms with Crippen LogP contribution in [0, 0.1) is 0 Å². The Hall–Kier alpha value is -2.93. The van der Waals surface area contributed by atoms with Crippen molar-refractivity contribution in [3.63, 3.8) is 0 Å². The molecule has 0 bridgehead atoms. The van der Waals surface area contributed by atoms with Crippen LogP contribution in [-0.4, -0.2) is 39.6 Å². The molecule has 8 heteroatoms. The van der Waals surface area contributed by atoms with Crippen molar-refractivity contribution in [1.82, 2.24) is 15.0 Å². The first-order valence-corrected chi connectivity index (χ1v) is 7.94. The zero-order chi connectivity index (χ0) is 17.8. The second kappa shape index (κ2) is 7.31. The predicted molar refractivity (Wildman–Crippen MR) is 97.0 cm³/mol. The molecule has 2 heterocycles. The van der Waals surface area contributed by atoms with Crippen molar-refractivity contribution in [3.05, 3.63) is 53.3 Å². The molecule has 0 aliphatic heterocycles. The van der Waals surface area contributed by atoms with Crippen molar-refractivity contribution in [2.45, 2.75) is 6.54 Å². The number of rotatable bonds is 6. The molecule has 3 rings (SSSR count). The summed E-state index contributed by atoms with van der Waals surface area (Å²) in [5.41, 5.74) is 1.68. The second-order valence-corrected chi connectivity index (χ2v) is 5.93. The highest BCUT2D eigenvalue weighted by Crippen LogP contribution is 2.26. The highest BCUT2D eigenvalue weighted by molar-refractivity contribution is 6.31. The number of anilines is 2. The van der Waals surface area contributed by atoms with Crippen LogP contribution in [-0.2, 0) is 11.3 Å². The Balaban J connectivity index is 1.98. The number of carboxylic acids is 1. The summed E-state index contributed by atoms with van der Waals surface area (Å²) >= 11 is 6.10. The molecule has 0 radical (unpaired) electrons. The number of halogens is 1. The SMILES string of the molecule is CN(CC(=O)O)c1nc(NCc2cccnc2)c2cc(Cl)ccc2n1. The van der Waals surface area contributed by atoms with Gasteiger partial charge in [-0.2, -0.15) is 4.98 Å². The van der Waals surface area contributed by atoms with E-state index in [0.717, 1.165) is 10.9 Å². The van der Waals surface area contributed by atoms with Gasteiger partial charge in [0.1, 0.15) is 12.4 Å². The Morgan fingerprint density at radius 2 is 2.16 bits per heavy atom. The van der Waals surface area contributed by atoms with Crippen LogP contribution in [0.4, 0.5) is 11.8 Å². The molecule has 0 unspecified atom stereocenters. The maximum Gasteiger partial charge on any atom is 0.323 e.